The van der Waals surface area contributed by atoms with Crippen molar-refractivity contribution in [1.29, 1.82) is 0 Å². The molecule has 0 spiro atoms. The number of imide groups is 1. The van der Waals surface area contributed by atoms with E-state index in [9.17, 15) is 9.59 Å². The van der Waals surface area contributed by atoms with Gasteiger partial charge < -0.3 is 5.32 Å². The Morgan fingerprint density at radius 3 is 2.56 bits per heavy atom. The Bertz CT molecular complexity index is 432. The van der Waals surface area contributed by atoms with Gasteiger partial charge in [0.15, 0.2) is 0 Å². The zero-order valence-electron chi connectivity index (χ0n) is 10.9. The van der Waals surface area contributed by atoms with Crippen LogP contribution < -0.4 is 16.0 Å². The van der Waals surface area contributed by atoms with Gasteiger partial charge in [0.1, 0.15) is 5.01 Å². The third kappa shape index (κ3) is 4.08. The number of rotatable bonds is 4. The highest BCUT2D eigenvalue weighted by atomic mass is 32.1. The Kier molecular flexibility index (Phi) is 5.24. The van der Waals surface area contributed by atoms with Crippen LogP contribution in [0, 0.1) is 6.92 Å². The number of nitrogens with one attached hydrogen (secondary N) is 3. The second-order valence-electron chi connectivity index (χ2n) is 4.01. The zero-order chi connectivity index (χ0) is 13.7. The van der Waals surface area contributed by atoms with Crippen LogP contribution in [-0.2, 0) is 4.79 Å². The molecule has 1 aromatic rings. The number of nitrogens with zero attached hydrogens (tertiary/aromatic N) is 1. The maximum atomic E-state index is 11.6. The Hall–Kier alpha value is -1.47. The minimum atomic E-state index is -0.508. The molecule has 7 heteroatoms. The Morgan fingerprint density at radius 1 is 1.39 bits per heavy atom. The molecule has 2 atom stereocenters. The molecule has 0 fully saturated rings. The minimum Gasteiger partial charge on any atom is -0.341 e. The van der Waals surface area contributed by atoms with E-state index >= 15 is 0 Å². The number of hydrogen-bond donors (Lipinski definition) is 3. The molecular formula is C11H18N4O2S. The maximum absolute atomic E-state index is 11.6. The Balaban J connectivity index is 2.51. The number of hydrogen-bond acceptors (Lipinski definition) is 5. The van der Waals surface area contributed by atoms with Crippen LogP contribution in [0.4, 0.5) is 4.79 Å². The molecule has 0 aliphatic carbocycles. The van der Waals surface area contributed by atoms with Crippen molar-refractivity contribution in [3.05, 3.63) is 16.1 Å². The highest BCUT2D eigenvalue weighted by Gasteiger charge is 2.19. The first-order valence-electron chi connectivity index (χ1n) is 5.64. The zero-order valence-corrected chi connectivity index (χ0v) is 11.7. The number of urea groups is 1. The smallest absolute Gasteiger partial charge is 0.321 e. The molecule has 18 heavy (non-hydrogen) atoms. The van der Waals surface area contributed by atoms with Gasteiger partial charge in [0.05, 0.1) is 12.1 Å². The molecule has 1 heterocycles. The molecule has 0 aliphatic heterocycles. The fraction of sp³-hybridized carbons (Fsp3) is 0.545. The highest BCUT2D eigenvalue weighted by molar-refractivity contribution is 7.09. The van der Waals surface area contributed by atoms with E-state index in [2.05, 4.69) is 20.9 Å². The van der Waals surface area contributed by atoms with Crippen LogP contribution in [0.5, 0.6) is 0 Å². The lowest BCUT2D eigenvalue weighted by Crippen LogP contribution is -2.47. The molecule has 1 rings (SSSR count). The summed E-state index contributed by atoms with van der Waals surface area (Å²) in [6, 6.07) is -1.01. The molecule has 1 aromatic heterocycles. The van der Waals surface area contributed by atoms with Crippen LogP contribution in [0.2, 0.25) is 0 Å². The van der Waals surface area contributed by atoms with Gasteiger partial charge in [0.2, 0.25) is 5.91 Å². The van der Waals surface area contributed by atoms with E-state index in [1.807, 2.05) is 19.2 Å². The molecule has 3 amide bonds. The van der Waals surface area contributed by atoms with Crippen molar-refractivity contribution in [3.8, 4) is 0 Å². The lowest BCUT2D eigenvalue weighted by Gasteiger charge is -2.17. The quantitative estimate of drug-likeness (QED) is 0.760. The van der Waals surface area contributed by atoms with E-state index in [0.717, 1.165) is 10.7 Å². The second-order valence-corrected chi connectivity index (χ2v) is 4.90. The van der Waals surface area contributed by atoms with Crippen molar-refractivity contribution in [2.75, 3.05) is 7.05 Å². The van der Waals surface area contributed by atoms with E-state index in [1.54, 1.807) is 18.3 Å². The van der Waals surface area contributed by atoms with Crippen LogP contribution in [0.3, 0.4) is 0 Å². The van der Waals surface area contributed by atoms with Crippen LogP contribution in [0.1, 0.15) is 30.6 Å². The summed E-state index contributed by atoms with van der Waals surface area (Å²) in [4.78, 5) is 27.0. The van der Waals surface area contributed by atoms with Crippen molar-refractivity contribution in [3.63, 3.8) is 0 Å². The monoisotopic (exact) mass is 270 g/mol. The molecule has 100 valence electrons. The summed E-state index contributed by atoms with van der Waals surface area (Å²) < 4.78 is 0. The predicted octanol–water partition coefficient (Wildman–Crippen LogP) is 0.946. The third-order valence-electron chi connectivity index (χ3n) is 2.36. The molecule has 0 aliphatic rings. The number of thiazole rings is 1. The average Bonchev–Trinajstić information content (AvgIpc) is 2.75. The highest BCUT2D eigenvalue weighted by Crippen LogP contribution is 2.17. The van der Waals surface area contributed by atoms with E-state index in [0.29, 0.717) is 0 Å². The number of carbonyl (C=O) groups excluding carboxylic acids is 2. The first-order chi connectivity index (χ1) is 8.43. The fourth-order valence-corrected chi connectivity index (χ4v) is 2.19. The van der Waals surface area contributed by atoms with E-state index in [4.69, 9.17) is 0 Å². The molecule has 6 nitrogen and oxygen atoms in total. The lowest BCUT2D eigenvalue weighted by atomic mass is 10.2. The summed E-state index contributed by atoms with van der Waals surface area (Å²) >= 11 is 1.55. The molecular weight excluding hydrogens is 252 g/mol. The summed E-state index contributed by atoms with van der Waals surface area (Å²) in [5.74, 6) is -0.366. The van der Waals surface area contributed by atoms with Gasteiger partial charge in [-0.25, -0.2) is 9.78 Å². The summed E-state index contributed by atoms with van der Waals surface area (Å²) in [7, 11) is 1.46. The van der Waals surface area contributed by atoms with Gasteiger partial charge >= 0.3 is 6.03 Å². The van der Waals surface area contributed by atoms with Gasteiger partial charge in [0.25, 0.3) is 0 Å². The van der Waals surface area contributed by atoms with E-state index < -0.39 is 12.1 Å². The second kappa shape index (κ2) is 6.46. The number of aromatic nitrogens is 1. The summed E-state index contributed by atoms with van der Waals surface area (Å²) in [5, 5.41) is 10.5. The van der Waals surface area contributed by atoms with Crippen LogP contribution >= 0.6 is 11.3 Å². The van der Waals surface area contributed by atoms with Crippen LogP contribution in [0.25, 0.3) is 0 Å². The fourth-order valence-electron chi connectivity index (χ4n) is 1.38. The molecule has 3 N–H and O–H groups in total. The molecule has 0 saturated heterocycles. The predicted molar refractivity (Wildman–Crippen MR) is 70.5 cm³/mol. The lowest BCUT2D eigenvalue weighted by molar-refractivity contribution is -0.121. The summed E-state index contributed by atoms with van der Waals surface area (Å²) in [6.07, 6.45) is 0. The van der Waals surface area contributed by atoms with Gasteiger partial charge in [-0.2, -0.15) is 0 Å². The minimum absolute atomic E-state index is 0.0332. The number of amides is 3. The van der Waals surface area contributed by atoms with Crippen LogP contribution in [-0.4, -0.2) is 30.0 Å². The molecule has 2 unspecified atom stereocenters. The van der Waals surface area contributed by atoms with Crippen molar-refractivity contribution in [2.24, 2.45) is 0 Å². The molecule has 0 aromatic carbocycles. The van der Waals surface area contributed by atoms with Crippen molar-refractivity contribution < 1.29 is 9.59 Å². The molecule has 0 radical (unpaired) electrons. The maximum Gasteiger partial charge on any atom is 0.321 e. The largest absolute Gasteiger partial charge is 0.341 e. The number of aryl methyl sites for hydroxylation is 1. The summed E-state index contributed by atoms with van der Waals surface area (Å²) in [5.41, 5.74) is 0.964. The third-order valence-corrected chi connectivity index (χ3v) is 3.51. The van der Waals surface area contributed by atoms with Crippen LogP contribution in [0.15, 0.2) is 5.38 Å². The molecule has 0 saturated carbocycles. The van der Waals surface area contributed by atoms with E-state index in [-0.39, 0.29) is 11.9 Å². The average molecular weight is 270 g/mol. The summed E-state index contributed by atoms with van der Waals surface area (Å²) in [6.45, 7) is 5.56. The van der Waals surface area contributed by atoms with Crippen molar-refractivity contribution >= 4 is 23.3 Å². The SMILES string of the molecule is CNC(=O)NC(=O)C(C)NC(C)c1nc(C)cs1. The molecule has 0 bridgehead atoms. The number of carbonyl (C=O) groups is 2. The first-order valence-corrected chi connectivity index (χ1v) is 6.52. The van der Waals surface area contributed by atoms with Gasteiger partial charge in [-0.15, -0.1) is 11.3 Å². The van der Waals surface area contributed by atoms with Gasteiger partial charge in [0, 0.05) is 18.1 Å². The van der Waals surface area contributed by atoms with Gasteiger partial charge in [-0.1, -0.05) is 0 Å². The topological polar surface area (TPSA) is 83.1 Å². The van der Waals surface area contributed by atoms with E-state index in [1.165, 1.54) is 7.05 Å². The van der Waals surface area contributed by atoms with Crippen molar-refractivity contribution in [2.45, 2.75) is 32.9 Å². The Labute approximate surface area is 110 Å². The standard InChI is InChI=1S/C11H18N4O2S/c1-6-5-18-10(13-6)8(3)14-7(2)9(16)15-11(17)12-4/h5,7-8,14H,1-4H3,(H2,12,15,16,17). The normalized spacial score (nSPS) is 13.8. The Morgan fingerprint density at radius 2 is 2.06 bits per heavy atom. The van der Waals surface area contributed by atoms with Gasteiger partial charge in [-0.3, -0.25) is 15.4 Å². The van der Waals surface area contributed by atoms with Crippen molar-refractivity contribution in [1.82, 2.24) is 20.9 Å². The first kappa shape index (κ1) is 14.6. The van der Waals surface area contributed by atoms with Gasteiger partial charge in [-0.05, 0) is 20.8 Å².